The van der Waals surface area contributed by atoms with E-state index in [1.54, 1.807) is 13.8 Å². The lowest BCUT2D eigenvalue weighted by atomic mass is 10.1. The van der Waals surface area contributed by atoms with Crippen molar-refractivity contribution in [2.45, 2.75) is 46.1 Å². The van der Waals surface area contributed by atoms with Gasteiger partial charge in [0.1, 0.15) is 5.82 Å². The fraction of sp³-hybridized carbons (Fsp3) is 0.533. The Morgan fingerprint density at radius 3 is 2.42 bits per heavy atom. The summed E-state index contributed by atoms with van der Waals surface area (Å²) in [4.78, 5) is 10.3. The van der Waals surface area contributed by atoms with E-state index in [4.69, 9.17) is 5.11 Å². The summed E-state index contributed by atoms with van der Waals surface area (Å²) in [6.07, 6.45) is 2.86. The van der Waals surface area contributed by atoms with E-state index in [1.165, 1.54) is 0 Å². The van der Waals surface area contributed by atoms with Crippen LogP contribution in [-0.2, 0) is 11.3 Å². The normalized spacial score (nSPS) is 10.7. The molecule has 0 aromatic heterocycles. The summed E-state index contributed by atoms with van der Waals surface area (Å²) in [6.45, 7) is 5.13. The molecule has 3 nitrogen and oxygen atoms in total. The zero-order valence-corrected chi connectivity index (χ0v) is 11.6. The minimum absolute atomic E-state index is 0.127. The molecule has 0 fully saturated rings. The third kappa shape index (κ3) is 5.83. The van der Waals surface area contributed by atoms with Gasteiger partial charge in [-0.3, -0.25) is 4.79 Å². The van der Waals surface area contributed by atoms with E-state index < -0.39 is 5.97 Å². The number of rotatable bonds is 8. The SMILES string of the molecule is Cc1cc(CNCCCCCC(=O)O)cc(C)c1F. The standard InChI is InChI=1S/C15H22FNO2/c1-11-8-13(9-12(2)15(11)16)10-17-7-5-3-4-6-14(18)19/h8-9,17H,3-7,10H2,1-2H3,(H,18,19). The molecule has 0 amide bonds. The number of hydrogen-bond donors (Lipinski definition) is 2. The summed E-state index contributed by atoms with van der Waals surface area (Å²) in [5, 5.41) is 11.8. The molecule has 0 aliphatic rings. The third-order valence-electron chi connectivity index (χ3n) is 3.07. The van der Waals surface area contributed by atoms with Crippen molar-refractivity contribution in [1.29, 1.82) is 0 Å². The predicted molar refractivity (Wildman–Crippen MR) is 73.7 cm³/mol. The Hall–Kier alpha value is -1.42. The molecule has 0 heterocycles. The molecule has 0 atom stereocenters. The van der Waals surface area contributed by atoms with Gasteiger partial charge in [0.2, 0.25) is 0 Å². The second-order valence-corrected chi connectivity index (χ2v) is 4.92. The highest BCUT2D eigenvalue weighted by molar-refractivity contribution is 5.66. The van der Waals surface area contributed by atoms with E-state index in [-0.39, 0.29) is 12.2 Å². The average Bonchev–Trinajstić information content (AvgIpc) is 2.34. The molecule has 106 valence electrons. The van der Waals surface area contributed by atoms with Gasteiger partial charge in [-0.15, -0.1) is 0 Å². The van der Waals surface area contributed by atoms with Crippen molar-refractivity contribution in [3.05, 3.63) is 34.6 Å². The monoisotopic (exact) mass is 267 g/mol. The van der Waals surface area contributed by atoms with Crippen LogP contribution in [0.4, 0.5) is 4.39 Å². The van der Waals surface area contributed by atoms with Crippen molar-refractivity contribution in [3.63, 3.8) is 0 Å². The highest BCUT2D eigenvalue weighted by atomic mass is 19.1. The molecule has 0 bridgehead atoms. The molecule has 0 saturated carbocycles. The quantitative estimate of drug-likeness (QED) is 0.711. The van der Waals surface area contributed by atoms with E-state index >= 15 is 0 Å². The Labute approximate surface area is 113 Å². The van der Waals surface area contributed by atoms with Crippen LogP contribution >= 0.6 is 0 Å². The van der Waals surface area contributed by atoms with E-state index in [2.05, 4.69) is 5.32 Å². The van der Waals surface area contributed by atoms with Crippen LogP contribution in [0.3, 0.4) is 0 Å². The summed E-state index contributed by atoms with van der Waals surface area (Å²) < 4.78 is 13.4. The molecule has 19 heavy (non-hydrogen) atoms. The van der Waals surface area contributed by atoms with Crippen molar-refractivity contribution in [3.8, 4) is 0 Å². The maximum Gasteiger partial charge on any atom is 0.303 e. The highest BCUT2D eigenvalue weighted by Gasteiger charge is 2.03. The number of carboxylic acids is 1. The van der Waals surface area contributed by atoms with Crippen molar-refractivity contribution in [1.82, 2.24) is 5.32 Å². The first-order valence-corrected chi connectivity index (χ1v) is 6.69. The summed E-state index contributed by atoms with van der Waals surface area (Å²) >= 11 is 0. The minimum atomic E-state index is -0.731. The number of unbranched alkanes of at least 4 members (excludes halogenated alkanes) is 2. The van der Waals surface area contributed by atoms with Gasteiger partial charge in [-0.2, -0.15) is 0 Å². The molecule has 0 radical (unpaired) electrons. The molecular weight excluding hydrogens is 245 g/mol. The molecular formula is C15H22FNO2. The van der Waals surface area contributed by atoms with Gasteiger partial charge in [-0.25, -0.2) is 4.39 Å². The maximum absolute atomic E-state index is 13.4. The van der Waals surface area contributed by atoms with Gasteiger partial charge in [0, 0.05) is 13.0 Å². The number of nitrogens with one attached hydrogen (secondary N) is 1. The Balaban J connectivity index is 2.21. The van der Waals surface area contributed by atoms with Crippen LogP contribution in [0, 0.1) is 19.7 Å². The lowest BCUT2D eigenvalue weighted by Crippen LogP contribution is -2.15. The van der Waals surface area contributed by atoms with Gasteiger partial charge in [0.25, 0.3) is 0 Å². The van der Waals surface area contributed by atoms with Gasteiger partial charge in [0.15, 0.2) is 0 Å². The van der Waals surface area contributed by atoms with Crippen molar-refractivity contribution in [2.75, 3.05) is 6.54 Å². The molecule has 1 aromatic carbocycles. The topological polar surface area (TPSA) is 49.3 Å². The van der Waals surface area contributed by atoms with Crippen molar-refractivity contribution in [2.24, 2.45) is 0 Å². The van der Waals surface area contributed by atoms with Gasteiger partial charge in [-0.05, 0) is 49.9 Å². The average molecular weight is 267 g/mol. The summed E-state index contributed by atoms with van der Waals surface area (Å²) in [5.74, 6) is -0.859. The molecule has 1 aromatic rings. The number of aliphatic carboxylic acids is 1. The number of hydrogen-bond acceptors (Lipinski definition) is 2. The van der Waals surface area contributed by atoms with Gasteiger partial charge in [0.05, 0.1) is 0 Å². The Morgan fingerprint density at radius 2 is 1.84 bits per heavy atom. The van der Waals surface area contributed by atoms with E-state index in [0.717, 1.165) is 37.9 Å². The minimum Gasteiger partial charge on any atom is -0.481 e. The van der Waals surface area contributed by atoms with E-state index in [0.29, 0.717) is 11.1 Å². The first-order chi connectivity index (χ1) is 9.00. The van der Waals surface area contributed by atoms with Gasteiger partial charge >= 0.3 is 5.97 Å². The maximum atomic E-state index is 13.4. The summed E-state index contributed by atoms with van der Waals surface area (Å²) in [6, 6.07) is 3.72. The number of carbonyl (C=O) groups is 1. The smallest absolute Gasteiger partial charge is 0.303 e. The Kier molecular flexibility index (Phi) is 6.50. The fourth-order valence-corrected chi connectivity index (χ4v) is 2.07. The van der Waals surface area contributed by atoms with Crippen LogP contribution in [0.15, 0.2) is 12.1 Å². The van der Waals surface area contributed by atoms with Crippen LogP contribution in [0.5, 0.6) is 0 Å². The summed E-state index contributed by atoms with van der Waals surface area (Å²) in [7, 11) is 0. The highest BCUT2D eigenvalue weighted by Crippen LogP contribution is 2.14. The molecule has 0 aliphatic carbocycles. The van der Waals surface area contributed by atoms with Crippen LogP contribution in [0.25, 0.3) is 0 Å². The van der Waals surface area contributed by atoms with E-state index in [9.17, 15) is 9.18 Å². The van der Waals surface area contributed by atoms with Crippen molar-refractivity contribution >= 4 is 5.97 Å². The molecule has 1 rings (SSSR count). The zero-order chi connectivity index (χ0) is 14.3. The molecule has 4 heteroatoms. The van der Waals surface area contributed by atoms with Gasteiger partial charge < -0.3 is 10.4 Å². The lowest BCUT2D eigenvalue weighted by Gasteiger charge is -2.08. The predicted octanol–water partition coefficient (Wildman–Crippen LogP) is 3.18. The van der Waals surface area contributed by atoms with Crippen LogP contribution in [0.1, 0.15) is 42.4 Å². The van der Waals surface area contributed by atoms with E-state index in [1.807, 2.05) is 12.1 Å². The number of benzene rings is 1. The second-order valence-electron chi connectivity index (χ2n) is 4.92. The van der Waals surface area contributed by atoms with Crippen LogP contribution < -0.4 is 5.32 Å². The third-order valence-corrected chi connectivity index (χ3v) is 3.07. The molecule has 0 aliphatic heterocycles. The van der Waals surface area contributed by atoms with Crippen LogP contribution in [-0.4, -0.2) is 17.6 Å². The number of aryl methyl sites for hydroxylation is 2. The van der Waals surface area contributed by atoms with Crippen molar-refractivity contribution < 1.29 is 14.3 Å². The Morgan fingerprint density at radius 1 is 1.21 bits per heavy atom. The molecule has 0 spiro atoms. The fourth-order valence-electron chi connectivity index (χ4n) is 2.07. The number of halogens is 1. The first kappa shape index (κ1) is 15.6. The summed E-state index contributed by atoms with van der Waals surface area (Å²) in [5.41, 5.74) is 2.44. The van der Waals surface area contributed by atoms with Gasteiger partial charge in [-0.1, -0.05) is 18.6 Å². The Bertz CT molecular complexity index is 409. The molecule has 0 unspecified atom stereocenters. The lowest BCUT2D eigenvalue weighted by molar-refractivity contribution is -0.137. The van der Waals surface area contributed by atoms with Crippen LogP contribution in [0.2, 0.25) is 0 Å². The number of carboxylic acid groups (broad SMARTS) is 1. The zero-order valence-electron chi connectivity index (χ0n) is 11.6. The first-order valence-electron chi connectivity index (χ1n) is 6.69. The second kappa shape index (κ2) is 7.89. The molecule has 0 saturated heterocycles. The molecule has 2 N–H and O–H groups in total. The largest absolute Gasteiger partial charge is 0.481 e.